The molecule has 3 saturated carbocycles. The van der Waals surface area contributed by atoms with E-state index in [0.29, 0.717) is 5.54 Å². The maximum absolute atomic E-state index is 4.85. The number of anilines is 1. The van der Waals surface area contributed by atoms with Crippen LogP contribution in [0, 0.1) is 11.8 Å². The van der Waals surface area contributed by atoms with Crippen LogP contribution in [-0.2, 0) is 6.54 Å². The number of imidazole rings is 1. The van der Waals surface area contributed by atoms with Gasteiger partial charge < -0.3 is 9.88 Å². The van der Waals surface area contributed by atoms with Crippen LogP contribution in [0.3, 0.4) is 0 Å². The molecular formula is C18H21N3. The van der Waals surface area contributed by atoms with Crippen molar-refractivity contribution in [3.63, 3.8) is 0 Å². The summed E-state index contributed by atoms with van der Waals surface area (Å²) >= 11 is 0. The molecule has 4 aliphatic rings. The van der Waals surface area contributed by atoms with E-state index in [-0.39, 0.29) is 0 Å². The quantitative estimate of drug-likeness (QED) is 0.857. The Kier molecular flexibility index (Phi) is 2.33. The molecule has 21 heavy (non-hydrogen) atoms. The molecule has 0 amide bonds. The number of aromatic nitrogens is 2. The van der Waals surface area contributed by atoms with Gasteiger partial charge in [0.25, 0.3) is 0 Å². The SMILES string of the molecule is c1ccc(-c2cn3c(n2)N[C@@]2(CC4CCC2CC4)C3)cc1. The van der Waals surface area contributed by atoms with E-state index < -0.39 is 0 Å². The molecule has 6 rings (SSSR count). The van der Waals surface area contributed by atoms with Crippen molar-refractivity contribution < 1.29 is 0 Å². The van der Waals surface area contributed by atoms with Crippen molar-refractivity contribution in [3.8, 4) is 11.3 Å². The highest BCUT2D eigenvalue weighted by Crippen LogP contribution is 2.51. The van der Waals surface area contributed by atoms with Crippen LogP contribution in [0.2, 0.25) is 0 Å². The number of nitrogens with one attached hydrogen (secondary N) is 1. The van der Waals surface area contributed by atoms with Gasteiger partial charge in [-0.3, -0.25) is 0 Å². The van der Waals surface area contributed by atoms with Gasteiger partial charge in [0.15, 0.2) is 0 Å². The Morgan fingerprint density at radius 2 is 1.90 bits per heavy atom. The fourth-order valence-corrected chi connectivity index (χ4v) is 4.90. The maximum Gasteiger partial charge on any atom is 0.203 e. The van der Waals surface area contributed by atoms with Gasteiger partial charge in [0.1, 0.15) is 0 Å². The first-order valence-corrected chi connectivity index (χ1v) is 8.23. The average molecular weight is 279 g/mol. The van der Waals surface area contributed by atoms with Crippen LogP contribution in [0.5, 0.6) is 0 Å². The Balaban J connectivity index is 1.46. The van der Waals surface area contributed by atoms with E-state index >= 15 is 0 Å². The molecule has 0 saturated heterocycles. The minimum absolute atomic E-state index is 0.318. The summed E-state index contributed by atoms with van der Waals surface area (Å²) in [7, 11) is 0. The lowest BCUT2D eigenvalue weighted by molar-refractivity contribution is 0.0816. The lowest BCUT2D eigenvalue weighted by Crippen LogP contribution is -2.52. The molecular weight excluding hydrogens is 258 g/mol. The number of fused-ring (bicyclic) bond motifs is 3. The van der Waals surface area contributed by atoms with E-state index in [0.717, 1.165) is 30.0 Å². The summed E-state index contributed by atoms with van der Waals surface area (Å²) in [4.78, 5) is 4.85. The highest BCUT2D eigenvalue weighted by atomic mass is 15.3. The van der Waals surface area contributed by atoms with Crippen LogP contribution in [0.25, 0.3) is 11.3 Å². The van der Waals surface area contributed by atoms with Gasteiger partial charge in [0.2, 0.25) is 5.95 Å². The highest BCUT2D eigenvalue weighted by molar-refractivity contribution is 5.61. The van der Waals surface area contributed by atoms with Gasteiger partial charge in [-0.15, -0.1) is 0 Å². The molecule has 108 valence electrons. The van der Waals surface area contributed by atoms with Crippen molar-refractivity contribution in [2.45, 2.75) is 44.2 Å². The van der Waals surface area contributed by atoms with E-state index in [4.69, 9.17) is 4.98 Å². The van der Waals surface area contributed by atoms with Gasteiger partial charge in [-0.25, -0.2) is 4.98 Å². The predicted molar refractivity (Wildman–Crippen MR) is 84.1 cm³/mol. The molecule has 1 aromatic heterocycles. The molecule has 0 radical (unpaired) electrons. The van der Waals surface area contributed by atoms with Crippen molar-refractivity contribution >= 4 is 5.95 Å². The number of hydrogen-bond acceptors (Lipinski definition) is 2. The number of rotatable bonds is 1. The van der Waals surface area contributed by atoms with Crippen LogP contribution in [-0.4, -0.2) is 15.1 Å². The largest absolute Gasteiger partial charge is 0.348 e. The molecule has 2 bridgehead atoms. The molecule has 1 atom stereocenters. The van der Waals surface area contributed by atoms with Crippen molar-refractivity contribution in [1.82, 2.24) is 9.55 Å². The summed E-state index contributed by atoms with van der Waals surface area (Å²) < 4.78 is 2.35. The second-order valence-corrected chi connectivity index (χ2v) is 7.15. The van der Waals surface area contributed by atoms with Gasteiger partial charge in [-0.1, -0.05) is 43.2 Å². The van der Waals surface area contributed by atoms with Crippen molar-refractivity contribution in [2.24, 2.45) is 11.8 Å². The standard InChI is InChI=1S/C18H21N3/c1-2-4-14(5-3-1)16-11-21-12-18(20-17(21)19-16)10-13-6-8-15(18)9-7-13/h1-5,11,13,15H,6-10,12H2,(H,19,20)/t13?,15?,18-/m0/s1. The molecule has 1 aromatic carbocycles. The summed E-state index contributed by atoms with van der Waals surface area (Å²) in [6, 6.07) is 10.5. The molecule has 3 heteroatoms. The highest BCUT2D eigenvalue weighted by Gasteiger charge is 2.50. The monoisotopic (exact) mass is 279 g/mol. The van der Waals surface area contributed by atoms with Crippen LogP contribution in [0.1, 0.15) is 32.1 Å². The second-order valence-electron chi connectivity index (χ2n) is 7.15. The summed E-state index contributed by atoms with van der Waals surface area (Å²) in [5, 5.41) is 3.82. The predicted octanol–water partition coefficient (Wildman–Crippen LogP) is 3.92. The van der Waals surface area contributed by atoms with E-state index in [1.165, 1.54) is 37.7 Å². The third-order valence-corrected chi connectivity index (χ3v) is 5.94. The Hall–Kier alpha value is -1.77. The second kappa shape index (κ2) is 4.12. The maximum atomic E-state index is 4.85. The molecule has 1 spiro atoms. The van der Waals surface area contributed by atoms with Crippen LogP contribution in [0.4, 0.5) is 5.95 Å². The van der Waals surface area contributed by atoms with Gasteiger partial charge in [0.05, 0.1) is 11.2 Å². The molecule has 3 fully saturated rings. The van der Waals surface area contributed by atoms with E-state index in [1.807, 2.05) is 0 Å². The normalized spacial score (nSPS) is 33.1. The van der Waals surface area contributed by atoms with E-state index in [1.54, 1.807) is 0 Å². The third-order valence-electron chi connectivity index (χ3n) is 5.94. The molecule has 2 aromatic rings. The van der Waals surface area contributed by atoms with Crippen molar-refractivity contribution in [2.75, 3.05) is 5.32 Å². The zero-order valence-corrected chi connectivity index (χ0v) is 12.3. The molecule has 0 unspecified atom stereocenters. The van der Waals surface area contributed by atoms with Gasteiger partial charge in [-0.05, 0) is 31.1 Å². The van der Waals surface area contributed by atoms with Gasteiger partial charge >= 0.3 is 0 Å². The zero-order chi connectivity index (χ0) is 13.9. The zero-order valence-electron chi connectivity index (χ0n) is 12.3. The first kappa shape index (κ1) is 11.8. The number of benzene rings is 1. The third kappa shape index (κ3) is 1.69. The molecule has 1 N–H and O–H groups in total. The minimum atomic E-state index is 0.318. The lowest BCUT2D eigenvalue weighted by atomic mass is 9.60. The summed E-state index contributed by atoms with van der Waals surface area (Å²) in [6.07, 6.45) is 9.30. The fraction of sp³-hybridized carbons (Fsp3) is 0.500. The lowest BCUT2D eigenvalue weighted by Gasteiger charge is -2.49. The Morgan fingerprint density at radius 3 is 2.57 bits per heavy atom. The first-order valence-electron chi connectivity index (χ1n) is 8.23. The van der Waals surface area contributed by atoms with Gasteiger partial charge in [-0.2, -0.15) is 0 Å². The molecule has 3 aliphatic carbocycles. The van der Waals surface area contributed by atoms with Crippen LogP contribution in [0.15, 0.2) is 36.5 Å². The topological polar surface area (TPSA) is 29.9 Å². The fourth-order valence-electron chi connectivity index (χ4n) is 4.90. The van der Waals surface area contributed by atoms with Crippen LogP contribution >= 0.6 is 0 Å². The molecule has 1 aliphatic heterocycles. The summed E-state index contributed by atoms with van der Waals surface area (Å²) in [6.45, 7) is 1.11. The first-order chi connectivity index (χ1) is 10.3. The molecule has 3 nitrogen and oxygen atoms in total. The average Bonchev–Trinajstić information content (AvgIpc) is 3.05. The molecule has 2 heterocycles. The Bertz CT molecular complexity index is 642. The van der Waals surface area contributed by atoms with E-state index in [9.17, 15) is 0 Å². The van der Waals surface area contributed by atoms with Crippen molar-refractivity contribution in [1.29, 1.82) is 0 Å². The van der Waals surface area contributed by atoms with Crippen LogP contribution < -0.4 is 5.32 Å². The van der Waals surface area contributed by atoms with Gasteiger partial charge in [0, 0.05) is 18.3 Å². The Morgan fingerprint density at radius 1 is 1.10 bits per heavy atom. The van der Waals surface area contributed by atoms with Crippen molar-refractivity contribution in [3.05, 3.63) is 36.5 Å². The summed E-state index contributed by atoms with van der Waals surface area (Å²) in [5.74, 6) is 2.88. The van der Waals surface area contributed by atoms with E-state index in [2.05, 4.69) is 46.4 Å². The summed E-state index contributed by atoms with van der Waals surface area (Å²) in [5.41, 5.74) is 2.62. The smallest absolute Gasteiger partial charge is 0.203 e. The minimum Gasteiger partial charge on any atom is -0.348 e. The Labute approximate surface area is 125 Å². The number of hydrogen-bond donors (Lipinski definition) is 1. The number of nitrogens with zero attached hydrogens (tertiary/aromatic N) is 2.